The third-order valence-corrected chi connectivity index (χ3v) is 2.62. The summed E-state index contributed by atoms with van der Waals surface area (Å²) in [5.74, 6) is 6.29. The molecule has 84 valence electrons. The SMILES string of the molecule is Cc1ccc(C#CCc2ccccc2N)cc1. The molecule has 0 radical (unpaired) electrons. The maximum atomic E-state index is 5.85. The summed E-state index contributed by atoms with van der Waals surface area (Å²) >= 11 is 0. The number of nitrogens with two attached hydrogens (primary N) is 1. The van der Waals surface area contributed by atoms with Crippen molar-refractivity contribution in [3.63, 3.8) is 0 Å². The lowest BCUT2D eigenvalue weighted by atomic mass is 10.1. The molecule has 0 saturated carbocycles. The molecule has 0 unspecified atom stereocenters. The normalized spacial score (nSPS) is 9.47. The molecule has 0 fully saturated rings. The van der Waals surface area contributed by atoms with E-state index in [0.717, 1.165) is 16.8 Å². The summed E-state index contributed by atoms with van der Waals surface area (Å²) in [7, 11) is 0. The first-order chi connectivity index (χ1) is 8.25. The standard InChI is InChI=1S/C16H15N/c1-13-9-11-14(12-10-13)5-4-7-15-6-2-3-8-16(15)17/h2-3,6,8-12H,7,17H2,1H3. The molecule has 0 saturated heterocycles. The van der Waals surface area contributed by atoms with Gasteiger partial charge in [-0.25, -0.2) is 0 Å². The summed E-state index contributed by atoms with van der Waals surface area (Å²) in [6.07, 6.45) is 0.695. The first-order valence-electron chi connectivity index (χ1n) is 5.64. The molecule has 0 spiro atoms. The first kappa shape index (κ1) is 11.3. The van der Waals surface area contributed by atoms with Crippen molar-refractivity contribution in [2.24, 2.45) is 0 Å². The van der Waals surface area contributed by atoms with Crippen LogP contribution in [0.15, 0.2) is 48.5 Å². The highest BCUT2D eigenvalue weighted by molar-refractivity contribution is 5.48. The van der Waals surface area contributed by atoms with Crippen molar-refractivity contribution in [3.8, 4) is 11.8 Å². The molecule has 1 heteroatoms. The van der Waals surface area contributed by atoms with Gasteiger partial charge in [0.2, 0.25) is 0 Å². The van der Waals surface area contributed by atoms with E-state index in [1.165, 1.54) is 5.56 Å². The molecule has 2 rings (SSSR count). The van der Waals surface area contributed by atoms with E-state index < -0.39 is 0 Å². The molecule has 1 nitrogen and oxygen atoms in total. The molecule has 2 aromatic carbocycles. The Balaban J connectivity index is 2.09. The van der Waals surface area contributed by atoms with Crippen LogP contribution in [0.1, 0.15) is 16.7 Å². The van der Waals surface area contributed by atoms with Crippen molar-refractivity contribution in [2.75, 3.05) is 5.73 Å². The van der Waals surface area contributed by atoms with Gasteiger partial charge in [0.15, 0.2) is 0 Å². The van der Waals surface area contributed by atoms with E-state index in [1.807, 2.05) is 36.4 Å². The van der Waals surface area contributed by atoms with Crippen LogP contribution in [0.25, 0.3) is 0 Å². The molecule has 0 bridgehead atoms. The molecule has 0 aliphatic rings. The van der Waals surface area contributed by atoms with Gasteiger partial charge in [-0.2, -0.15) is 0 Å². The number of aryl methyl sites for hydroxylation is 1. The summed E-state index contributed by atoms with van der Waals surface area (Å²) in [4.78, 5) is 0. The number of hydrogen-bond donors (Lipinski definition) is 1. The number of para-hydroxylation sites is 1. The molecule has 0 atom stereocenters. The number of anilines is 1. The Morgan fingerprint density at radius 3 is 2.41 bits per heavy atom. The molecule has 0 heterocycles. The molecule has 0 aliphatic heterocycles. The monoisotopic (exact) mass is 221 g/mol. The summed E-state index contributed by atoms with van der Waals surface area (Å²) in [6, 6.07) is 16.1. The smallest absolute Gasteiger partial charge is 0.0364 e. The highest BCUT2D eigenvalue weighted by Gasteiger charge is 1.93. The second kappa shape index (κ2) is 5.23. The van der Waals surface area contributed by atoms with Crippen molar-refractivity contribution in [2.45, 2.75) is 13.3 Å². The summed E-state index contributed by atoms with van der Waals surface area (Å²) in [6.45, 7) is 2.07. The number of benzene rings is 2. The molecule has 0 amide bonds. The molecule has 2 N–H and O–H groups in total. The molecule has 0 aliphatic carbocycles. The van der Waals surface area contributed by atoms with Gasteiger partial charge in [0.1, 0.15) is 0 Å². The Kier molecular flexibility index (Phi) is 3.47. The van der Waals surface area contributed by atoms with Crippen LogP contribution in [0.3, 0.4) is 0 Å². The quantitative estimate of drug-likeness (QED) is 0.581. The minimum absolute atomic E-state index is 0.695. The minimum Gasteiger partial charge on any atom is -0.398 e. The van der Waals surface area contributed by atoms with Crippen LogP contribution in [-0.2, 0) is 6.42 Å². The Labute approximate surface area is 102 Å². The van der Waals surface area contributed by atoms with Gasteiger partial charge in [-0.1, -0.05) is 47.7 Å². The van der Waals surface area contributed by atoms with E-state index in [2.05, 4.69) is 30.9 Å². The average molecular weight is 221 g/mol. The lowest BCUT2D eigenvalue weighted by molar-refractivity contribution is 1.32. The predicted octanol–water partition coefficient (Wildman–Crippen LogP) is 3.17. The summed E-state index contributed by atoms with van der Waals surface area (Å²) in [5.41, 5.74) is 10.1. The fraction of sp³-hybridized carbons (Fsp3) is 0.125. The lowest BCUT2D eigenvalue weighted by Gasteiger charge is -1.99. The fourth-order valence-corrected chi connectivity index (χ4v) is 1.57. The highest BCUT2D eigenvalue weighted by atomic mass is 14.5. The van der Waals surface area contributed by atoms with Gasteiger partial charge in [-0.05, 0) is 30.7 Å². The first-order valence-corrected chi connectivity index (χ1v) is 5.64. The van der Waals surface area contributed by atoms with E-state index in [-0.39, 0.29) is 0 Å². The molecule has 17 heavy (non-hydrogen) atoms. The highest BCUT2D eigenvalue weighted by Crippen LogP contribution is 2.10. The van der Waals surface area contributed by atoms with Crippen molar-refractivity contribution >= 4 is 5.69 Å². The Morgan fingerprint density at radius 2 is 1.71 bits per heavy atom. The van der Waals surface area contributed by atoms with Gasteiger partial charge in [-0.15, -0.1) is 0 Å². The maximum absolute atomic E-state index is 5.85. The predicted molar refractivity (Wildman–Crippen MR) is 72.6 cm³/mol. The van der Waals surface area contributed by atoms with Crippen molar-refractivity contribution < 1.29 is 0 Å². The number of nitrogen functional groups attached to an aromatic ring is 1. The Bertz CT molecular complexity index is 556. The zero-order valence-corrected chi connectivity index (χ0v) is 9.90. The van der Waals surface area contributed by atoms with E-state index >= 15 is 0 Å². The van der Waals surface area contributed by atoms with Crippen molar-refractivity contribution in [1.29, 1.82) is 0 Å². The van der Waals surface area contributed by atoms with Gasteiger partial charge < -0.3 is 5.73 Å². The Morgan fingerprint density at radius 1 is 1.00 bits per heavy atom. The van der Waals surface area contributed by atoms with E-state index in [9.17, 15) is 0 Å². The van der Waals surface area contributed by atoms with E-state index in [4.69, 9.17) is 5.73 Å². The summed E-state index contributed by atoms with van der Waals surface area (Å²) < 4.78 is 0. The van der Waals surface area contributed by atoms with Crippen LogP contribution >= 0.6 is 0 Å². The van der Waals surface area contributed by atoms with Crippen LogP contribution in [-0.4, -0.2) is 0 Å². The second-order valence-corrected chi connectivity index (χ2v) is 4.04. The molecular formula is C16H15N. The van der Waals surface area contributed by atoms with Crippen LogP contribution in [0.2, 0.25) is 0 Å². The van der Waals surface area contributed by atoms with Gasteiger partial charge in [0.05, 0.1) is 0 Å². The zero-order valence-electron chi connectivity index (χ0n) is 9.90. The third-order valence-electron chi connectivity index (χ3n) is 2.62. The van der Waals surface area contributed by atoms with Crippen LogP contribution in [0.4, 0.5) is 5.69 Å². The third kappa shape index (κ3) is 3.12. The van der Waals surface area contributed by atoms with E-state index in [1.54, 1.807) is 0 Å². The largest absolute Gasteiger partial charge is 0.398 e. The van der Waals surface area contributed by atoms with Crippen LogP contribution in [0.5, 0.6) is 0 Å². The van der Waals surface area contributed by atoms with Gasteiger partial charge >= 0.3 is 0 Å². The average Bonchev–Trinajstić information content (AvgIpc) is 2.34. The van der Waals surface area contributed by atoms with Crippen molar-refractivity contribution in [3.05, 3.63) is 65.2 Å². The fourth-order valence-electron chi connectivity index (χ4n) is 1.57. The van der Waals surface area contributed by atoms with Crippen molar-refractivity contribution in [1.82, 2.24) is 0 Å². The van der Waals surface area contributed by atoms with Gasteiger partial charge in [-0.3, -0.25) is 0 Å². The van der Waals surface area contributed by atoms with Crippen LogP contribution in [0, 0.1) is 18.8 Å². The topological polar surface area (TPSA) is 26.0 Å². The summed E-state index contributed by atoms with van der Waals surface area (Å²) in [5, 5.41) is 0. The van der Waals surface area contributed by atoms with Crippen LogP contribution < -0.4 is 5.73 Å². The maximum Gasteiger partial charge on any atom is 0.0364 e. The van der Waals surface area contributed by atoms with E-state index in [0.29, 0.717) is 6.42 Å². The number of rotatable bonds is 1. The Hall–Kier alpha value is -2.20. The van der Waals surface area contributed by atoms with Gasteiger partial charge in [0.25, 0.3) is 0 Å². The second-order valence-electron chi connectivity index (χ2n) is 4.04. The molecule has 0 aromatic heterocycles. The minimum atomic E-state index is 0.695. The molecular weight excluding hydrogens is 206 g/mol. The molecule has 2 aromatic rings. The van der Waals surface area contributed by atoms with Gasteiger partial charge in [0, 0.05) is 17.7 Å². The lowest BCUT2D eigenvalue weighted by Crippen LogP contribution is -1.91. The zero-order chi connectivity index (χ0) is 12.1. The number of hydrogen-bond acceptors (Lipinski definition) is 1.